The van der Waals surface area contributed by atoms with E-state index in [4.69, 9.17) is 9.47 Å². The molecule has 4 aliphatic heterocycles. The number of amides is 4. The number of carbonyl (C=O) groups excluding carboxylic acids is 3. The number of urea groups is 1. The third-order valence-corrected chi connectivity index (χ3v) is 7.10. The lowest BCUT2D eigenvalue weighted by atomic mass is 9.83. The summed E-state index contributed by atoms with van der Waals surface area (Å²) in [5, 5.41) is 2.66. The summed E-state index contributed by atoms with van der Waals surface area (Å²) in [4.78, 5) is 53.7. The molecule has 2 aromatic rings. The van der Waals surface area contributed by atoms with Crippen LogP contribution in [0.15, 0.2) is 41.2 Å². The normalized spacial score (nSPS) is 24.8. The van der Waals surface area contributed by atoms with Gasteiger partial charge in [0, 0.05) is 37.3 Å². The lowest BCUT2D eigenvalue weighted by molar-refractivity contribution is -0.137. The van der Waals surface area contributed by atoms with E-state index in [-0.39, 0.29) is 43.1 Å². The molecular weight excluding hydrogens is 440 g/mol. The van der Waals surface area contributed by atoms with Crippen LogP contribution in [0.4, 0.5) is 4.79 Å². The minimum absolute atomic E-state index is 0.00575. The smallest absolute Gasteiger partial charge is 0.325 e. The summed E-state index contributed by atoms with van der Waals surface area (Å²) in [6, 6.07) is 9.16. The van der Waals surface area contributed by atoms with Crippen molar-refractivity contribution in [1.29, 1.82) is 0 Å². The van der Waals surface area contributed by atoms with Gasteiger partial charge in [-0.3, -0.25) is 19.3 Å². The van der Waals surface area contributed by atoms with Crippen LogP contribution in [0.1, 0.15) is 30.0 Å². The highest BCUT2D eigenvalue weighted by Gasteiger charge is 2.42. The van der Waals surface area contributed by atoms with Crippen molar-refractivity contribution < 1.29 is 23.9 Å². The standard InChI is InChI=1S/C24H24N4O6/c29-21-3-1-2-18-16-6-15(11-27(18)21)9-26(12-16)22(30)8-17-23(31)28(24(32)25-17)10-14-4-5-19-20(7-14)34-13-33-19/h1-5,7,15-17H,6,8-13H2,(H,25,32)/t15-,16-,17?/m1/s1. The Morgan fingerprint density at radius 3 is 2.76 bits per heavy atom. The van der Waals surface area contributed by atoms with Gasteiger partial charge in [-0.1, -0.05) is 12.1 Å². The molecule has 176 valence electrons. The number of fused-ring (bicyclic) bond motifs is 5. The molecule has 4 aliphatic rings. The second kappa shape index (κ2) is 7.89. The topological polar surface area (TPSA) is 110 Å². The Hall–Kier alpha value is -3.82. The molecule has 3 atom stereocenters. The lowest BCUT2D eigenvalue weighted by Crippen LogP contribution is -2.50. The van der Waals surface area contributed by atoms with Crippen LogP contribution in [0.3, 0.4) is 0 Å². The van der Waals surface area contributed by atoms with Crippen LogP contribution in [-0.4, -0.2) is 58.1 Å². The predicted molar refractivity (Wildman–Crippen MR) is 118 cm³/mol. The first-order valence-electron chi connectivity index (χ1n) is 11.4. The minimum atomic E-state index is -0.884. The maximum atomic E-state index is 13.1. The third kappa shape index (κ3) is 3.49. The highest BCUT2D eigenvalue weighted by Crippen LogP contribution is 2.36. The number of piperidine rings is 1. The predicted octanol–water partition coefficient (Wildman–Crippen LogP) is 1.03. The molecule has 1 N–H and O–H groups in total. The summed E-state index contributed by atoms with van der Waals surface area (Å²) in [7, 11) is 0. The van der Waals surface area contributed by atoms with E-state index in [9.17, 15) is 19.2 Å². The van der Waals surface area contributed by atoms with E-state index >= 15 is 0 Å². The number of carbonyl (C=O) groups is 3. The Balaban J connectivity index is 1.12. The summed E-state index contributed by atoms with van der Waals surface area (Å²) in [6.45, 7) is 1.89. The molecule has 1 aromatic heterocycles. The largest absolute Gasteiger partial charge is 0.454 e. The van der Waals surface area contributed by atoms with Gasteiger partial charge in [0.25, 0.3) is 11.5 Å². The van der Waals surface area contributed by atoms with Crippen LogP contribution in [-0.2, 0) is 22.7 Å². The number of rotatable bonds is 4. The first-order chi connectivity index (χ1) is 16.5. The number of benzene rings is 1. The Morgan fingerprint density at radius 1 is 1.03 bits per heavy atom. The van der Waals surface area contributed by atoms with Crippen LogP contribution in [0.5, 0.6) is 11.5 Å². The van der Waals surface area contributed by atoms with Gasteiger partial charge in [-0.2, -0.15) is 0 Å². The number of aromatic nitrogens is 1. The summed E-state index contributed by atoms with van der Waals surface area (Å²) in [5.41, 5.74) is 1.69. The van der Waals surface area contributed by atoms with Crippen LogP contribution >= 0.6 is 0 Å². The van der Waals surface area contributed by atoms with Gasteiger partial charge in [0.05, 0.1) is 13.0 Å². The van der Waals surface area contributed by atoms with Gasteiger partial charge in [-0.05, 0) is 36.1 Å². The zero-order chi connectivity index (χ0) is 23.4. The molecule has 0 saturated carbocycles. The summed E-state index contributed by atoms with van der Waals surface area (Å²) >= 11 is 0. The molecule has 2 fully saturated rings. The number of imide groups is 1. The van der Waals surface area contributed by atoms with Crippen molar-refractivity contribution >= 4 is 17.8 Å². The van der Waals surface area contributed by atoms with Crippen LogP contribution in [0, 0.1) is 5.92 Å². The van der Waals surface area contributed by atoms with Crippen molar-refractivity contribution in [3.8, 4) is 11.5 Å². The first kappa shape index (κ1) is 20.8. The maximum absolute atomic E-state index is 13.1. The van der Waals surface area contributed by atoms with Gasteiger partial charge < -0.3 is 24.3 Å². The quantitative estimate of drug-likeness (QED) is 0.677. The lowest BCUT2D eigenvalue weighted by Gasteiger charge is -2.43. The van der Waals surface area contributed by atoms with Crippen molar-refractivity contribution in [2.24, 2.45) is 5.92 Å². The molecule has 0 aliphatic carbocycles. The van der Waals surface area contributed by atoms with Crippen LogP contribution < -0.4 is 20.3 Å². The van der Waals surface area contributed by atoms with Crippen molar-refractivity contribution in [3.63, 3.8) is 0 Å². The number of likely N-dealkylation sites (tertiary alicyclic amines) is 1. The average Bonchev–Trinajstić information content (AvgIpc) is 3.39. The van der Waals surface area contributed by atoms with Crippen molar-refractivity contribution in [1.82, 2.24) is 19.7 Å². The molecule has 6 rings (SSSR count). The van der Waals surface area contributed by atoms with Gasteiger partial charge >= 0.3 is 6.03 Å². The van der Waals surface area contributed by atoms with Gasteiger partial charge in [-0.25, -0.2) is 4.79 Å². The number of nitrogens with zero attached hydrogens (tertiary/aromatic N) is 3. The van der Waals surface area contributed by atoms with E-state index in [2.05, 4.69) is 5.32 Å². The van der Waals surface area contributed by atoms with E-state index in [1.807, 2.05) is 10.6 Å². The second-order valence-electron chi connectivity index (χ2n) is 9.32. The molecule has 10 nitrogen and oxygen atoms in total. The molecule has 10 heteroatoms. The van der Waals surface area contributed by atoms with Gasteiger partial charge in [0.2, 0.25) is 12.7 Å². The fourth-order valence-corrected chi connectivity index (χ4v) is 5.49. The molecule has 4 amide bonds. The zero-order valence-electron chi connectivity index (χ0n) is 18.4. The van der Waals surface area contributed by atoms with E-state index in [1.165, 1.54) is 0 Å². The highest BCUT2D eigenvalue weighted by molar-refractivity contribution is 6.05. The number of hydrogen-bond acceptors (Lipinski definition) is 6. The van der Waals surface area contributed by atoms with E-state index < -0.39 is 18.0 Å². The molecular formula is C24H24N4O6. The molecule has 5 heterocycles. The Morgan fingerprint density at radius 2 is 1.88 bits per heavy atom. The van der Waals surface area contributed by atoms with Crippen molar-refractivity contribution in [3.05, 3.63) is 58.0 Å². The summed E-state index contributed by atoms with van der Waals surface area (Å²) in [6.07, 6.45) is 0.860. The molecule has 2 bridgehead atoms. The Labute approximate surface area is 195 Å². The number of nitrogens with one attached hydrogen (secondary N) is 1. The van der Waals surface area contributed by atoms with E-state index in [0.717, 1.165) is 22.6 Å². The average molecular weight is 464 g/mol. The minimum Gasteiger partial charge on any atom is -0.454 e. The monoisotopic (exact) mass is 464 g/mol. The molecule has 0 spiro atoms. The Bertz CT molecular complexity index is 1260. The fraction of sp³-hybridized carbons (Fsp3) is 0.417. The third-order valence-electron chi connectivity index (χ3n) is 7.10. The van der Waals surface area contributed by atoms with E-state index in [0.29, 0.717) is 31.1 Å². The molecule has 1 aromatic carbocycles. The van der Waals surface area contributed by atoms with Crippen molar-refractivity contribution in [2.75, 3.05) is 19.9 Å². The molecule has 0 radical (unpaired) electrons. The fourth-order valence-electron chi connectivity index (χ4n) is 5.49. The van der Waals surface area contributed by atoms with Gasteiger partial charge in [0.15, 0.2) is 11.5 Å². The number of hydrogen-bond donors (Lipinski definition) is 1. The first-order valence-corrected chi connectivity index (χ1v) is 11.4. The maximum Gasteiger partial charge on any atom is 0.325 e. The highest BCUT2D eigenvalue weighted by atomic mass is 16.7. The summed E-state index contributed by atoms with van der Waals surface area (Å²) < 4.78 is 12.5. The second-order valence-corrected chi connectivity index (χ2v) is 9.32. The SMILES string of the molecule is O=C(CC1NC(=O)N(Cc2ccc3c(c2)OCO3)C1=O)N1C[C@H]2C[C@H](C1)c1cccc(=O)n1C2. The molecule has 34 heavy (non-hydrogen) atoms. The zero-order valence-corrected chi connectivity index (χ0v) is 18.4. The van der Waals surface area contributed by atoms with Gasteiger partial charge in [0.1, 0.15) is 6.04 Å². The van der Waals surface area contributed by atoms with E-state index in [1.54, 1.807) is 35.2 Å². The number of ether oxygens (including phenoxy) is 2. The van der Waals surface area contributed by atoms with Crippen molar-refractivity contribution in [2.45, 2.75) is 37.9 Å². The number of pyridine rings is 1. The van der Waals surface area contributed by atoms with Crippen LogP contribution in [0.25, 0.3) is 0 Å². The summed E-state index contributed by atoms with van der Waals surface area (Å²) in [5.74, 6) is 0.933. The molecule has 1 unspecified atom stereocenters. The van der Waals surface area contributed by atoms with Crippen LogP contribution in [0.2, 0.25) is 0 Å². The van der Waals surface area contributed by atoms with Gasteiger partial charge in [-0.15, -0.1) is 0 Å². The molecule has 2 saturated heterocycles. The Kier molecular flexibility index (Phi) is 4.82.